The largest absolute Gasteiger partial charge is 0.481 e. The van der Waals surface area contributed by atoms with E-state index in [1.165, 1.54) is 0 Å². The Bertz CT molecular complexity index is 233. The Labute approximate surface area is 82.9 Å². The zero-order valence-electron chi connectivity index (χ0n) is 8.49. The van der Waals surface area contributed by atoms with E-state index in [1.54, 1.807) is 0 Å². The summed E-state index contributed by atoms with van der Waals surface area (Å²) < 4.78 is 0. The lowest BCUT2D eigenvalue weighted by Gasteiger charge is -2.51. The predicted octanol–water partition coefficient (Wildman–Crippen LogP) is 1.60. The van der Waals surface area contributed by atoms with E-state index < -0.39 is 11.9 Å². The number of hydrogen-bond donors (Lipinski definition) is 2. The molecule has 0 unspecified atom stereocenters. The minimum absolute atomic E-state index is 0.129. The topological polar surface area (TPSA) is 74.6 Å². The molecule has 0 saturated heterocycles. The lowest BCUT2D eigenvalue weighted by Crippen LogP contribution is -2.46. The molecule has 0 aromatic rings. The van der Waals surface area contributed by atoms with E-state index >= 15 is 0 Å². The van der Waals surface area contributed by atoms with Gasteiger partial charge in [-0.15, -0.1) is 0 Å². The third-order valence-corrected chi connectivity index (χ3v) is 3.52. The molecule has 1 aliphatic rings. The van der Waals surface area contributed by atoms with Gasteiger partial charge in [0.05, 0.1) is 0 Å². The first kappa shape index (κ1) is 11.0. The SMILES string of the molecule is CC1(C)[C@H](CC(=O)O)C[C@@H]1CC(=O)O. The number of hydrogen-bond acceptors (Lipinski definition) is 2. The second-order valence-electron chi connectivity index (χ2n) is 4.65. The van der Waals surface area contributed by atoms with Gasteiger partial charge in [0.25, 0.3) is 0 Å². The quantitative estimate of drug-likeness (QED) is 0.722. The third-order valence-electron chi connectivity index (χ3n) is 3.52. The molecule has 4 nitrogen and oxygen atoms in total. The number of carboxylic acids is 2. The van der Waals surface area contributed by atoms with Gasteiger partial charge in [0.1, 0.15) is 0 Å². The summed E-state index contributed by atoms with van der Waals surface area (Å²) >= 11 is 0. The van der Waals surface area contributed by atoms with Crippen molar-refractivity contribution in [3.63, 3.8) is 0 Å². The second-order valence-corrected chi connectivity index (χ2v) is 4.65. The maximum absolute atomic E-state index is 10.5. The van der Waals surface area contributed by atoms with Gasteiger partial charge in [-0.25, -0.2) is 0 Å². The van der Waals surface area contributed by atoms with Crippen molar-refractivity contribution in [3.05, 3.63) is 0 Å². The van der Waals surface area contributed by atoms with Crippen molar-refractivity contribution in [2.24, 2.45) is 17.3 Å². The van der Waals surface area contributed by atoms with Crippen LogP contribution in [0.25, 0.3) is 0 Å². The fourth-order valence-electron chi connectivity index (χ4n) is 2.24. The van der Waals surface area contributed by atoms with Crippen molar-refractivity contribution in [2.45, 2.75) is 33.1 Å². The van der Waals surface area contributed by atoms with E-state index in [-0.39, 0.29) is 30.1 Å². The molecule has 1 rings (SSSR count). The van der Waals surface area contributed by atoms with E-state index in [4.69, 9.17) is 10.2 Å². The van der Waals surface area contributed by atoms with Crippen molar-refractivity contribution in [3.8, 4) is 0 Å². The first-order valence-corrected chi connectivity index (χ1v) is 4.77. The smallest absolute Gasteiger partial charge is 0.303 e. The van der Waals surface area contributed by atoms with Gasteiger partial charge in [-0.2, -0.15) is 0 Å². The predicted molar refractivity (Wildman–Crippen MR) is 49.9 cm³/mol. The molecule has 0 spiro atoms. The Balaban J connectivity index is 2.50. The molecule has 2 N–H and O–H groups in total. The maximum Gasteiger partial charge on any atom is 0.303 e. The third kappa shape index (κ3) is 2.05. The van der Waals surface area contributed by atoms with Crippen LogP contribution >= 0.6 is 0 Å². The van der Waals surface area contributed by atoms with Gasteiger partial charge < -0.3 is 10.2 Å². The number of aliphatic carboxylic acids is 2. The van der Waals surface area contributed by atoms with E-state index in [0.717, 1.165) is 6.42 Å². The van der Waals surface area contributed by atoms with Crippen molar-refractivity contribution >= 4 is 11.9 Å². The Morgan fingerprint density at radius 3 is 1.71 bits per heavy atom. The molecule has 0 amide bonds. The van der Waals surface area contributed by atoms with Gasteiger partial charge in [0.2, 0.25) is 0 Å². The molecule has 0 heterocycles. The van der Waals surface area contributed by atoms with Crippen LogP contribution in [0.15, 0.2) is 0 Å². The second kappa shape index (κ2) is 3.59. The van der Waals surface area contributed by atoms with Crippen molar-refractivity contribution in [1.82, 2.24) is 0 Å². The molecule has 4 heteroatoms. The molecular weight excluding hydrogens is 184 g/mol. The van der Waals surface area contributed by atoms with Gasteiger partial charge in [-0.05, 0) is 23.7 Å². The molecule has 0 bridgehead atoms. The van der Waals surface area contributed by atoms with Gasteiger partial charge >= 0.3 is 11.9 Å². The highest BCUT2D eigenvalue weighted by molar-refractivity contribution is 5.68. The van der Waals surface area contributed by atoms with Gasteiger partial charge in [-0.1, -0.05) is 13.8 Å². The minimum atomic E-state index is -0.795. The monoisotopic (exact) mass is 200 g/mol. The van der Waals surface area contributed by atoms with Crippen LogP contribution in [0.4, 0.5) is 0 Å². The lowest BCUT2D eigenvalue weighted by molar-refractivity contribution is -0.148. The minimum Gasteiger partial charge on any atom is -0.481 e. The van der Waals surface area contributed by atoms with Crippen LogP contribution in [0.1, 0.15) is 33.1 Å². The van der Waals surface area contributed by atoms with Crippen LogP contribution < -0.4 is 0 Å². The summed E-state index contributed by atoms with van der Waals surface area (Å²) in [6.07, 6.45) is 1.04. The van der Waals surface area contributed by atoms with Crippen molar-refractivity contribution in [1.29, 1.82) is 0 Å². The van der Waals surface area contributed by atoms with Gasteiger partial charge in [-0.3, -0.25) is 9.59 Å². The van der Waals surface area contributed by atoms with Crippen LogP contribution in [0.2, 0.25) is 0 Å². The highest BCUT2D eigenvalue weighted by Crippen LogP contribution is 2.54. The van der Waals surface area contributed by atoms with Gasteiger partial charge in [0, 0.05) is 12.8 Å². The fourth-order valence-corrected chi connectivity index (χ4v) is 2.24. The van der Waals surface area contributed by atoms with E-state index in [1.807, 2.05) is 13.8 Å². The Morgan fingerprint density at radius 1 is 1.14 bits per heavy atom. The Kier molecular flexibility index (Phi) is 2.83. The first-order valence-electron chi connectivity index (χ1n) is 4.77. The van der Waals surface area contributed by atoms with Gasteiger partial charge in [0.15, 0.2) is 0 Å². The summed E-state index contributed by atoms with van der Waals surface area (Å²) in [5, 5.41) is 17.3. The maximum atomic E-state index is 10.5. The lowest BCUT2D eigenvalue weighted by atomic mass is 9.53. The number of carboxylic acid groups (broad SMARTS) is 2. The van der Waals surface area contributed by atoms with E-state index in [0.29, 0.717) is 0 Å². The van der Waals surface area contributed by atoms with E-state index in [9.17, 15) is 9.59 Å². The van der Waals surface area contributed by atoms with Crippen LogP contribution in [0, 0.1) is 17.3 Å². The molecule has 0 aliphatic heterocycles. The summed E-state index contributed by atoms with van der Waals surface area (Å²) in [6.45, 7) is 3.91. The van der Waals surface area contributed by atoms with Crippen molar-refractivity contribution < 1.29 is 19.8 Å². The highest BCUT2D eigenvalue weighted by Gasteiger charge is 2.48. The molecule has 1 aliphatic carbocycles. The first-order chi connectivity index (χ1) is 6.34. The zero-order chi connectivity index (χ0) is 10.9. The molecule has 0 radical (unpaired) electrons. The molecular formula is C10H16O4. The Morgan fingerprint density at radius 2 is 1.50 bits per heavy atom. The molecule has 80 valence electrons. The normalized spacial score (nSPS) is 29.3. The zero-order valence-corrected chi connectivity index (χ0v) is 8.49. The number of carbonyl (C=O) groups is 2. The summed E-state index contributed by atoms with van der Waals surface area (Å²) in [5.41, 5.74) is -0.142. The average Bonchev–Trinajstić information content (AvgIpc) is 2.01. The summed E-state index contributed by atoms with van der Waals surface area (Å²) in [7, 11) is 0. The summed E-state index contributed by atoms with van der Waals surface area (Å²) in [4.78, 5) is 21.0. The molecule has 0 aromatic carbocycles. The average molecular weight is 200 g/mol. The van der Waals surface area contributed by atoms with Crippen LogP contribution in [-0.2, 0) is 9.59 Å². The van der Waals surface area contributed by atoms with Crippen molar-refractivity contribution in [2.75, 3.05) is 0 Å². The van der Waals surface area contributed by atoms with E-state index in [2.05, 4.69) is 0 Å². The Hall–Kier alpha value is -1.06. The molecule has 1 saturated carbocycles. The molecule has 14 heavy (non-hydrogen) atoms. The standard InChI is InChI=1S/C10H16O4/c1-10(2)6(4-8(11)12)3-7(10)5-9(13)14/h6-7H,3-5H2,1-2H3,(H,11,12)(H,13,14)/t6-,7+. The molecule has 1 fully saturated rings. The summed E-state index contributed by atoms with van der Waals surface area (Å²) in [6, 6.07) is 0. The molecule has 0 aromatic heterocycles. The summed E-state index contributed by atoms with van der Waals surface area (Å²) in [5.74, 6) is -1.33. The fraction of sp³-hybridized carbons (Fsp3) is 0.800. The van der Waals surface area contributed by atoms with Crippen LogP contribution in [0.3, 0.4) is 0 Å². The van der Waals surface area contributed by atoms with Crippen LogP contribution in [-0.4, -0.2) is 22.2 Å². The highest BCUT2D eigenvalue weighted by atomic mass is 16.4. The van der Waals surface area contributed by atoms with Crippen LogP contribution in [0.5, 0.6) is 0 Å². The number of rotatable bonds is 4. The molecule has 2 atom stereocenters.